The number of methoxy groups -OCH3 is 1. The van der Waals surface area contributed by atoms with Crippen LogP contribution < -0.4 is 15.5 Å². The quantitative estimate of drug-likeness (QED) is 0.707. The number of pyridine rings is 1. The Morgan fingerprint density at radius 3 is 2.79 bits per heavy atom. The predicted octanol–water partition coefficient (Wildman–Crippen LogP) is 2.80. The van der Waals surface area contributed by atoms with E-state index in [0.29, 0.717) is 36.0 Å². The third kappa shape index (κ3) is 4.73. The number of ether oxygens (including phenoxy) is 2. The van der Waals surface area contributed by atoms with Crippen molar-refractivity contribution in [2.45, 2.75) is 13.3 Å². The molecule has 3 aromatic rings. The van der Waals surface area contributed by atoms with Gasteiger partial charge in [-0.2, -0.15) is 5.10 Å². The SMILES string of the molecule is CCOC(=O)Nc1cccc(Cc2nn(-c3ccc(OC)nc3)ccc2=O)c1. The van der Waals surface area contributed by atoms with Gasteiger partial charge in [0.15, 0.2) is 0 Å². The van der Waals surface area contributed by atoms with Crippen molar-refractivity contribution in [3.05, 3.63) is 76.3 Å². The number of hydrogen-bond donors (Lipinski definition) is 1. The summed E-state index contributed by atoms with van der Waals surface area (Å²) in [5, 5.41) is 7.07. The molecule has 0 bridgehead atoms. The van der Waals surface area contributed by atoms with Crippen LogP contribution in [0.1, 0.15) is 18.2 Å². The first-order valence-corrected chi connectivity index (χ1v) is 8.71. The molecule has 0 saturated carbocycles. The minimum absolute atomic E-state index is 0.165. The van der Waals surface area contributed by atoms with E-state index >= 15 is 0 Å². The van der Waals surface area contributed by atoms with Crippen LogP contribution in [0.3, 0.4) is 0 Å². The van der Waals surface area contributed by atoms with Gasteiger partial charge in [0.05, 0.1) is 25.6 Å². The van der Waals surface area contributed by atoms with Crippen LogP contribution in [-0.4, -0.2) is 34.6 Å². The molecule has 0 spiro atoms. The number of carbonyl (C=O) groups is 1. The van der Waals surface area contributed by atoms with E-state index in [1.807, 2.05) is 6.07 Å². The third-order valence-corrected chi connectivity index (χ3v) is 3.89. The van der Waals surface area contributed by atoms with Gasteiger partial charge in [0, 0.05) is 30.4 Å². The van der Waals surface area contributed by atoms with Crippen LogP contribution in [0.2, 0.25) is 0 Å². The van der Waals surface area contributed by atoms with Gasteiger partial charge >= 0.3 is 6.09 Å². The monoisotopic (exact) mass is 380 g/mol. The maximum Gasteiger partial charge on any atom is 0.411 e. The van der Waals surface area contributed by atoms with Crippen LogP contribution in [0, 0.1) is 0 Å². The summed E-state index contributed by atoms with van der Waals surface area (Å²) in [6.07, 6.45) is 3.01. The van der Waals surface area contributed by atoms with Gasteiger partial charge in [-0.15, -0.1) is 0 Å². The second-order valence-corrected chi connectivity index (χ2v) is 5.85. The smallest absolute Gasteiger partial charge is 0.411 e. The van der Waals surface area contributed by atoms with E-state index in [1.165, 1.54) is 6.07 Å². The summed E-state index contributed by atoms with van der Waals surface area (Å²) in [6, 6.07) is 12.2. The average molecular weight is 380 g/mol. The molecular formula is C20H20N4O4. The number of nitrogens with zero attached hydrogens (tertiary/aromatic N) is 3. The zero-order valence-electron chi connectivity index (χ0n) is 15.6. The molecule has 0 unspecified atom stereocenters. The van der Waals surface area contributed by atoms with Crippen molar-refractivity contribution >= 4 is 11.8 Å². The van der Waals surface area contributed by atoms with E-state index < -0.39 is 6.09 Å². The third-order valence-electron chi connectivity index (χ3n) is 3.89. The number of amides is 1. The van der Waals surface area contributed by atoms with Crippen molar-refractivity contribution in [2.24, 2.45) is 0 Å². The van der Waals surface area contributed by atoms with Crippen LogP contribution >= 0.6 is 0 Å². The minimum atomic E-state index is -0.521. The molecule has 1 amide bonds. The molecule has 0 aliphatic carbocycles. The van der Waals surface area contributed by atoms with Crippen molar-refractivity contribution in [1.82, 2.24) is 14.8 Å². The standard InChI is InChI=1S/C20H20N4O4/c1-3-28-20(26)22-15-6-4-5-14(11-15)12-17-18(25)9-10-24(23-17)16-7-8-19(27-2)21-13-16/h4-11,13H,3,12H2,1-2H3,(H,22,26). The fraction of sp³-hybridized carbons (Fsp3) is 0.200. The van der Waals surface area contributed by atoms with Crippen LogP contribution in [0.25, 0.3) is 5.69 Å². The van der Waals surface area contributed by atoms with Gasteiger partial charge in [0.1, 0.15) is 5.69 Å². The lowest BCUT2D eigenvalue weighted by Crippen LogP contribution is -2.17. The number of anilines is 1. The molecule has 1 aromatic carbocycles. The highest BCUT2D eigenvalue weighted by molar-refractivity contribution is 5.84. The molecular weight excluding hydrogens is 360 g/mol. The highest BCUT2D eigenvalue weighted by Crippen LogP contribution is 2.14. The van der Waals surface area contributed by atoms with Crippen LogP contribution in [-0.2, 0) is 11.2 Å². The van der Waals surface area contributed by atoms with Crippen molar-refractivity contribution < 1.29 is 14.3 Å². The molecule has 0 aliphatic rings. The lowest BCUT2D eigenvalue weighted by Gasteiger charge is -2.09. The van der Waals surface area contributed by atoms with Gasteiger partial charge in [0.2, 0.25) is 11.3 Å². The Bertz CT molecular complexity index is 1020. The maximum absolute atomic E-state index is 12.3. The fourth-order valence-electron chi connectivity index (χ4n) is 2.58. The van der Waals surface area contributed by atoms with E-state index in [4.69, 9.17) is 9.47 Å². The number of hydrogen-bond acceptors (Lipinski definition) is 6. The molecule has 144 valence electrons. The Hall–Kier alpha value is -3.68. The molecule has 0 fully saturated rings. The van der Waals surface area contributed by atoms with Crippen molar-refractivity contribution in [2.75, 3.05) is 19.0 Å². The molecule has 2 aromatic heterocycles. The fourth-order valence-corrected chi connectivity index (χ4v) is 2.58. The van der Waals surface area contributed by atoms with E-state index in [0.717, 1.165) is 5.56 Å². The minimum Gasteiger partial charge on any atom is -0.481 e. The summed E-state index contributed by atoms with van der Waals surface area (Å²) in [6.45, 7) is 2.03. The molecule has 2 heterocycles. The first kappa shape index (κ1) is 19.1. The summed E-state index contributed by atoms with van der Waals surface area (Å²) < 4.78 is 11.5. The molecule has 0 aliphatic heterocycles. The Morgan fingerprint density at radius 2 is 2.07 bits per heavy atom. The molecule has 0 atom stereocenters. The molecule has 8 nitrogen and oxygen atoms in total. The van der Waals surface area contributed by atoms with Crippen LogP contribution in [0.15, 0.2) is 59.7 Å². The molecule has 1 N–H and O–H groups in total. The highest BCUT2D eigenvalue weighted by atomic mass is 16.5. The van der Waals surface area contributed by atoms with Crippen LogP contribution in [0.5, 0.6) is 5.88 Å². The zero-order valence-corrected chi connectivity index (χ0v) is 15.6. The molecule has 3 rings (SSSR count). The molecule has 28 heavy (non-hydrogen) atoms. The second-order valence-electron chi connectivity index (χ2n) is 5.85. The lowest BCUT2D eigenvalue weighted by molar-refractivity contribution is 0.168. The van der Waals surface area contributed by atoms with Gasteiger partial charge in [0.25, 0.3) is 0 Å². The summed E-state index contributed by atoms with van der Waals surface area (Å²) in [5.74, 6) is 0.496. The first-order chi connectivity index (χ1) is 13.6. The molecule has 8 heteroatoms. The Labute approximate surface area is 161 Å². The normalized spacial score (nSPS) is 10.4. The first-order valence-electron chi connectivity index (χ1n) is 8.71. The maximum atomic E-state index is 12.3. The van der Waals surface area contributed by atoms with E-state index in [1.54, 1.807) is 61.4 Å². The van der Waals surface area contributed by atoms with Gasteiger partial charge in [-0.1, -0.05) is 12.1 Å². The molecule has 0 saturated heterocycles. The number of rotatable bonds is 6. The van der Waals surface area contributed by atoms with E-state index in [-0.39, 0.29) is 5.43 Å². The van der Waals surface area contributed by atoms with Gasteiger partial charge in [-0.25, -0.2) is 14.5 Å². The summed E-state index contributed by atoms with van der Waals surface area (Å²) >= 11 is 0. The van der Waals surface area contributed by atoms with Gasteiger partial charge in [-0.3, -0.25) is 10.1 Å². The van der Waals surface area contributed by atoms with E-state index in [9.17, 15) is 9.59 Å². The largest absolute Gasteiger partial charge is 0.481 e. The number of aromatic nitrogens is 3. The van der Waals surface area contributed by atoms with Crippen LogP contribution in [0.4, 0.5) is 10.5 Å². The zero-order chi connectivity index (χ0) is 19.9. The Balaban J connectivity index is 1.82. The Morgan fingerprint density at radius 1 is 1.21 bits per heavy atom. The number of carbonyl (C=O) groups excluding carboxylic acids is 1. The molecule has 0 radical (unpaired) electrons. The summed E-state index contributed by atoms with van der Waals surface area (Å²) in [5.41, 5.74) is 2.35. The topological polar surface area (TPSA) is 95.3 Å². The van der Waals surface area contributed by atoms with Gasteiger partial charge < -0.3 is 9.47 Å². The summed E-state index contributed by atoms with van der Waals surface area (Å²) in [4.78, 5) is 28.0. The Kier molecular flexibility index (Phi) is 6.01. The number of benzene rings is 1. The summed E-state index contributed by atoms with van der Waals surface area (Å²) in [7, 11) is 1.54. The predicted molar refractivity (Wildman–Crippen MR) is 104 cm³/mol. The average Bonchev–Trinajstić information content (AvgIpc) is 2.70. The van der Waals surface area contributed by atoms with Crippen molar-refractivity contribution in [3.63, 3.8) is 0 Å². The van der Waals surface area contributed by atoms with Crippen molar-refractivity contribution in [1.29, 1.82) is 0 Å². The van der Waals surface area contributed by atoms with Crippen molar-refractivity contribution in [3.8, 4) is 11.6 Å². The lowest BCUT2D eigenvalue weighted by atomic mass is 10.1. The van der Waals surface area contributed by atoms with Gasteiger partial charge in [-0.05, 0) is 30.7 Å². The highest BCUT2D eigenvalue weighted by Gasteiger charge is 2.08. The van der Waals surface area contributed by atoms with E-state index in [2.05, 4.69) is 15.4 Å². The second kappa shape index (κ2) is 8.81. The number of nitrogens with one attached hydrogen (secondary N) is 1.